The molecule has 0 aromatic heterocycles. The molecule has 7 rings (SSSR count). The first kappa shape index (κ1) is 38.5. The lowest BCUT2D eigenvalue weighted by molar-refractivity contribution is -0.175. The number of benzene rings is 2. The van der Waals surface area contributed by atoms with E-state index in [0.29, 0.717) is 47.1 Å². The number of amides is 2. The minimum atomic E-state index is -0.810. The molecular formula is C41H62N6O5. The minimum Gasteiger partial charge on any atom is -0.496 e. The molecule has 2 bridgehead atoms. The molecule has 2 aromatic rings. The molecular weight excluding hydrogens is 656 g/mol. The van der Waals surface area contributed by atoms with Gasteiger partial charge >= 0.3 is 0 Å². The molecule has 286 valence electrons. The fourth-order valence-corrected chi connectivity index (χ4v) is 9.89. The second-order valence-corrected chi connectivity index (χ2v) is 16.6. The number of likely N-dealkylation sites (tertiary alicyclic amines) is 1. The van der Waals surface area contributed by atoms with Crippen molar-refractivity contribution < 1.29 is 24.3 Å². The summed E-state index contributed by atoms with van der Waals surface area (Å²) in [7, 11) is 5.57. The fraction of sp³-hybridized carbons (Fsp3) is 0.659. The van der Waals surface area contributed by atoms with E-state index in [9.17, 15) is 14.7 Å². The van der Waals surface area contributed by atoms with E-state index in [1.807, 2.05) is 49.3 Å². The highest BCUT2D eigenvalue weighted by atomic mass is 16.7. The van der Waals surface area contributed by atoms with Crippen LogP contribution in [0.1, 0.15) is 76.2 Å². The van der Waals surface area contributed by atoms with Gasteiger partial charge in [0.05, 0.1) is 25.9 Å². The highest BCUT2D eigenvalue weighted by molar-refractivity contribution is 5.97. The van der Waals surface area contributed by atoms with E-state index >= 15 is 0 Å². The number of likely N-dealkylation sites (N-methyl/N-ethyl adjacent to an activating group) is 1. The van der Waals surface area contributed by atoms with Crippen molar-refractivity contribution in [2.75, 3.05) is 52.3 Å². The summed E-state index contributed by atoms with van der Waals surface area (Å²) in [5.74, 6) is 1.43. The summed E-state index contributed by atoms with van der Waals surface area (Å²) in [6, 6.07) is 11.5. The molecule has 9 atom stereocenters. The molecule has 3 aliphatic carbocycles. The lowest BCUT2D eigenvalue weighted by Gasteiger charge is -2.62. The first-order valence-electron chi connectivity index (χ1n) is 19.4. The number of ether oxygens (including phenoxy) is 1. The topological polar surface area (TPSA) is 133 Å². The van der Waals surface area contributed by atoms with Crippen molar-refractivity contribution in [3.05, 3.63) is 47.5 Å². The van der Waals surface area contributed by atoms with Crippen LogP contribution < -0.4 is 26.0 Å². The molecule has 52 heavy (non-hydrogen) atoms. The molecule has 0 spiro atoms. The lowest BCUT2D eigenvalue weighted by atomic mass is 9.45. The first-order valence-corrected chi connectivity index (χ1v) is 19.4. The predicted molar refractivity (Wildman–Crippen MR) is 205 cm³/mol. The van der Waals surface area contributed by atoms with Gasteiger partial charge in [0, 0.05) is 67.6 Å². The normalized spacial score (nSPS) is 30.4. The van der Waals surface area contributed by atoms with Crippen molar-refractivity contribution in [1.29, 1.82) is 0 Å². The Morgan fingerprint density at radius 2 is 1.96 bits per heavy atom. The standard InChI is InChI=1S/C41H62N6O5/c1-9-46-15-11-13-30(46)22-43-39(49)28-16-27(17-31(18-28)45(6)7)32-14-10-12-26(38(32)51-8)23-47-37(36(25(3)48)35(21-42)52-47)40(50)44-34-20-29-19-33(24(34)2)41(29,4)5/h10,12,14,16-18,24-25,29-30,33-37,48H,9,11,13,15,19-23,42H2,1-8H3,(H,43,49)(H,44,50)/t24-,25-,29+,30+,33-,34-,35-,36+,37-/m0/s1. The molecule has 0 radical (unpaired) electrons. The molecule has 2 saturated heterocycles. The summed E-state index contributed by atoms with van der Waals surface area (Å²) < 4.78 is 6.10. The number of hydrogen-bond donors (Lipinski definition) is 4. The van der Waals surface area contributed by atoms with Crippen molar-refractivity contribution in [1.82, 2.24) is 20.6 Å². The Balaban J connectivity index is 1.27. The van der Waals surface area contributed by atoms with E-state index < -0.39 is 24.2 Å². The maximum Gasteiger partial charge on any atom is 0.251 e. The van der Waals surface area contributed by atoms with Gasteiger partial charge in [-0.25, -0.2) is 0 Å². The third kappa shape index (κ3) is 7.31. The van der Waals surface area contributed by atoms with Crippen LogP contribution in [0.25, 0.3) is 11.1 Å². The summed E-state index contributed by atoms with van der Waals surface area (Å²) in [6.07, 6.45) is 3.10. The zero-order valence-corrected chi connectivity index (χ0v) is 32.5. The molecule has 2 amide bonds. The number of anilines is 1. The number of carbonyl (C=O) groups is 2. The van der Waals surface area contributed by atoms with E-state index in [4.69, 9.17) is 15.3 Å². The number of nitrogens with zero attached hydrogens (tertiary/aromatic N) is 3. The van der Waals surface area contributed by atoms with Gasteiger partial charge in [0.25, 0.3) is 5.91 Å². The van der Waals surface area contributed by atoms with Crippen LogP contribution in [0, 0.1) is 29.1 Å². The SMILES string of the molecule is CCN1CCC[C@@H]1CNC(=O)c1cc(-c2cccc(CN3O[C@@H](CN)[C@@H]([C@H](C)O)[C@H]3C(=O)N[C@H]3C[C@H]4C[C@@H]([C@@H]3C)C4(C)C)c2OC)cc(N(C)C)c1. The van der Waals surface area contributed by atoms with Gasteiger partial charge in [-0.3, -0.25) is 19.3 Å². The van der Waals surface area contributed by atoms with Gasteiger partial charge in [-0.15, -0.1) is 0 Å². The summed E-state index contributed by atoms with van der Waals surface area (Å²) in [6.45, 7) is 13.9. The second kappa shape index (κ2) is 15.6. The maximum absolute atomic E-state index is 14.3. The molecule has 5 aliphatic rings. The van der Waals surface area contributed by atoms with Gasteiger partial charge in [0.1, 0.15) is 11.8 Å². The van der Waals surface area contributed by atoms with Crippen molar-refractivity contribution >= 4 is 17.5 Å². The summed E-state index contributed by atoms with van der Waals surface area (Å²) >= 11 is 0. The van der Waals surface area contributed by atoms with Gasteiger partial charge in [-0.2, -0.15) is 5.06 Å². The number of aliphatic hydroxyl groups excluding tert-OH is 1. The molecule has 3 saturated carbocycles. The van der Waals surface area contributed by atoms with Crippen LogP contribution in [0.15, 0.2) is 36.4 Å². The van der Waals surface area contributed by atoms with E-state index in [1.54, 1.807) is 19.1 Å². The number of nitrogens with one attached hydrogen (secondary N) is 2. The fourth-order valence-electron chi connectivity index (χ4n) is 9.89. The van der Waals surface area contributed by atoms with E-state index in [-0.39, 0.29) is 30.9 Å². The minimum absolute atomic E-state index is 0.0784. The number of aliphatic hydroxyl groups is 1. The Bertz CT molecular complexity index is 1600. The summed E-state index contributed by atoms with van der Waals surface area (Å²) in [5.41, 5.74) is 10.5. The average Bonchev–Trinajstić information content (AvgIpc) is 3.75. The van der Waals surface area contributed by atoms with Crippen LogP contribution >= 0.6 is 0 Å². The highest BCUT2D eigenvalue weighted by Crippen LogP contribution is 2.61. The number of rotatable bonds is 13. The van der Waals surface area contributed by atoms with E-state index in [1.165, 1.54) is 6.42 Å². The van der Waals surface area contributed by atoms with Gasteiger partial charge in [0.15, 0.2) is 0 Å². The molecule has 0 unspecified atom stereocenters. The van der Waals surface area contributed by atoms with Crippen LogP contribution in [-0.2, 0) is 16.2 Å². The predicted octanol–water partition coefficient (Wildman–Crippen LogP) is 4.27. The zero-order valence-electron chi connectivity index (χ0n) is 32.5. The Morgan fingerprint density at radius 1 is 1.19 bits per heavy atom. The van der Waals surface area contributed by atoms with Gasteiger partial charge in [-0.1, -0.05) is 45.9 Å². The summed E-state index contributed by atoms with van der Waals surface area (Å²) in [4.78, 5) is 38.7. The van der Waals surface area contributed by atoms with E-state index in [0.717, 1.165) is 54.7 Å². The highest BCUT2D eigenvalue weighted by Gasteiger charge is 2.57. The average molecular weight is 719 g/mol. The number of hydrogen-bond acceptors (Lipinski definition) is 9. The number of methoxy groups -OCH3 is 1. The van der Waals surface area contributed by atoms with Crippen LogP contribution in [0.5, 0.6) is 5.75 Å². The molecule has 5 N–H and O–H groups in total. The van der Waals surface area contributed by atoms with E-state index in [2.05, 4.69) is 49.3 Å². The number of hydroxylamine groups is 2. The van der Waals surface area contributed by atoms with Crippen molar-refractivity contribution in [3.8, 4) is 16.9 Å². The number of nitrogens with two attached hydrogens (primary N) is 1. The summed E-state index contributed by atoms with van der Waals surface area (Å²) in [5, 5.41) is 19.3. The van der Waals surface area contributed by atoms with Crippen molar-refractivity contribution in [2.24, 2.45) is 34.8 Å². The number of fused-ring (bicyclic) bond motifs is 2. The third-order valence-electron chi connectivity index (χ3n) is 13.2. The molecule has 2 aromatic carbocycles. The smallest absolute Gasteiger partial charge is 0.251 e. The molecule has 2 aliphatic heterocycles. The Kier molecular flexibility index (Phi) is 11.6. The Hall–Kier alpha value is -3.22. The van der Waals surface area contributed by atoms with Crippen LogP contribution in [0.4, 0.5) is 5.69 Å². The van der Waals surface area contributed by atoms with Crippen LogP contribution in [0.2, 0.25) is 0 Å². The third-order valence-corrected chi connectivity index (χ3v) is 13.2. The van der Waals surface area contributed by atoms with Gasteiger partial charge in [0.2, 0.25) is 5.91 Å². The van der Waals surface area contributed by atoms with Crippen molar-refractivity contribution in [2.45, 2.75) is 97.2 Å². The first-order chi connectivity index (χ1) is 24.8. The molecule has 11 heteroatoms. The maximum atomic E-state index is 14.3. The molecule has 11 nitrogen and oxygen atoms in total. The van der Waals surface area contributed by atoms with Crippen LogP contribution in [0.3, 0.4) is 0 Å². The monoisotopic (exact) mass is 718 g/mol. The molecule has 2 heterocycles. The largest absolute Gasteiger partial charge is 0.496 e. The Labute approximate surface area is 310 Å². The Morgan fingerprint density at radius 3 is 2.60 bits per heavy atom. The van der Waals surface area contributed by atoms with Gasteiger partial charge < -0.3 is 31.1 Å². The quantitative estimate of drug-likeness (QED) is 0.240. The lowest BCUT2D eigenvalue weighted by Crippen LogP contribution is -2.62. The zero-order chi connectivity index (χ0) is 37.5. The number of para-hydroxylation sites is 1. The van der Waals surface area contributed by atoms with Gasteiger partial charge in [-0.05, 0) is 92.6 Å². The number of carbonyl (C=O) groups excluding carboxylic acids is 2. The molecule has 5 fully saturated rings. The van der Waals surface area contributed by atoms with Crippen LogP contribution in [-0.4, -0.2) is 105 Å². The van der Waals surface area contributed by atoms with Crippen molar-refractivity contribution in [3.63, 3.8) is 0 Å². The second-order valence-electron chi connectivity index (χ2n) is 16.6.